The Hall–Kier alpha value is -2.41. The molecule has 118 valence electrons. The summed E-state index contributed by atoms with van der Waals surface area (Å²) in [5.74, 6) is -0.448. The van der Waals surface area contributed by atoms with Gasteiger partial charge in [-0.25, -0.2) is 0 Å². The van der Waals surface area contributed by atoms with Gasteiger partial charge in [0.15, 0.2) is 0 Å². The molecule has 0 amide bonds. The molecule has 1 aliphatic rings. The van der Waals surface area contributed by atoms with Crippen LogP contribution >= 0.6 is 0 Å². The molecular weight excluding hydrogens is 370 g/mol. The van der Waals surface area contributed by atoms with Crippen LogP contribution in [0.4, 0.5) is 4.39 Å². The Balaban J connectivity index is 2.08. The number of nitrogens with zero attached hydrogens (tertiary/aromatic N) is 2. The Morgan fingerprint density at radius 3 is 2.83 bits per heavy atom. The minimum absolute atomic E-state index is 0.0890. The van der Waals surface area contributed by atoms with Gasteiger partial charge in [0.2, 0.25) is 0 Å². The van der Waals surface area contributed by atoms with Crippen molar-refractivity contribution in [3.63, 3.8) is 0 Å². The molecule has 0 fully saturated rings. The van der Waals surface area contributed by atoms with Gasteiger partial charge in [-0.15, -0.1) is 0 Å². The zero-order chi connectivity index (χ0) is 16.9. The van der Waals surface area contributed by atoms with Crippen LogP contribution in [0.1, 0.15) is 17.3 Å². The van der Waals surface area contributed by atoms with Crippen LogP contribution < -0.4 is 0 Å². The van der Waals surface area contributed by atoms with Crippen molar-refractivity contribution >= 4 is 31.8 Å². The molecule has 0 bridgehead atoms. The Morgan fingerprint density at radius 1 is 1.25 bits per heavy atom. The molecule has 3 aromatic rings. The molecule has 0 saturated heterocycles. The summed E-state index contributed by atoms with van der Waals surface area (Å²) in [5, 5.41) is 10.4. The topological polar surface area (TPSA) is 45.8 Å². The van der Waals surface area contributed by atoms with E-state index in [1.807, 2.05) is 37.3 Å². The Bertz CT molecular complexity index is 1030. The summed E-state index contributed by atoms with van der Waals surface area (Å²) in [4.78, 5) is 15.5. The van der Waals surface area contributed by atoms with Crippen LogP contribution in [-0.2, 0) is 5.41 Å². The summed E-state index contributed by atoms with van der Waals surface area (Å²) in [6, 6.07) is 14.3. The summed E-state index contributed by atoms with van der Waals surface area (Å²) < 4.78 is 15.6. The third-order valence-electron chi connectivity index (χ3n) is 4.66. The van der Waals surface area contributed by atoms with Crippen molar-refractivity contribution in [2.75, 3.05) is 0 Å². The maximum atomic E-state index is 13.9. The molecule has 0 N–H and O–H groups in total. The van der Waals surface area contributed by atoms with Crippen LogP contribution in [0.5, 0.6) is 0 Å². The van der Waals surface area contributed by atoms with E-state index in [4.69, 9.17) is 5.26 Å². The fourth-order valence-electron chi connectivity index (χ4n) is 3.45. The van der Waals surface area contributed by atoms with Crippen molar-refractivity contribution in [1.29, 1.82) is 5.26 Å². The summed E-state index contributed by atoms with van der Waals surface area (Å²) >= 11 is -0.339. The fraction of sp³-hybridized carbons (Fsp3) is 0.158. The summed E-state index contributed by atoms with van der Waals surface area (Å²) in [5.41, 5.74) is 2.30. The van der Waals surface area contributed by atoms with E-state index in [1.165, 1.54) is 12.1 Å². The summed E-state index contributed by atoms with van der Waals surface area (Å²) in [7, 11) is 0. The van der Waals surface area contributed by atoms with Crippen LogP contribution in [0.25, 0.3) is 22.2 Å². The van der Waals surface area contributed by atoms with Gasteiger partial charge in [0.1, 0.15) is 0 Å². The van der Waals surface area contributed by atoms with Crippen molar-refractivity contribution in [2.24, 2.45) is 0 Å². The summed E-state index contributed by atoms with van der Waals surface area (Å²) in [6.45, 7) is 1.82. The molecule has 0 aliphatic carbocycles. The van der Waals surface area contributed by atoms with Gasteiger partial charge in [0.05, 0.1) is 0 Å². The first kappa shape index (κ1) is 15.1. The zero-order valence-corrected chi connectivity index (χ0v) is 14.6. The van der Waals surface area contributed by atoms with Crippen molar-refractivity contribution in [3.05, 3.63) is 59.9 Å². The van der Waals surface area contributed by atoms with E-state index >= 15 is 0 Å². The Morgan fingerprint density at radius 2 is 2.04 bits per heavy atom. The first-order valence-electron chi connectivity index (χ1n) is 7.53. The summed E-state index contributed by atoms with van der Waals surface area (Å²) in [6.07, 6.45) is 0. The van der Waals surface area contributed by atoms with E-state index < -0.39 is 5.41 Å². The Kier molecular flexibility index (Phi) is 3.35. The molecule has 24 heavy (non-hydrogen) atoms. The van der Waals surface area contributed by atoms with Gasteiger partial charge in [-0.1, -0.05) is 0 Å². The number of para-hydroxylation sites is 1. The molecule has 1 unspecified atom stereocenters. The number of carbonyl (C=O) groups is 1. The molecular formula is C19H13FN2OSe. The minimum atomic E-state index is -0.887. The monoisotopic (exact) mass is 384 g/mol. The van der Waals surface area contributed by atoms with E-state index in [0.717, 1.165) is 22.2 Å². The SMILES string of the molecule is CC1(C[Se]C#N)C(=O)n2c(cc3ccccc32)-c2ccc(F)cc21. The van der Waals surface area contributed by atoms with Crippen LogP contribution in [0.3, 0.4) is 0 Å². The molecule has 1 aliphatic heterocycles. The molecule has 0 saturated carbocycles. The third-order valence-corrected chi connectivity index (χ3v) is 6.45. The second kappa shape index (κ2) is 5.31. The average molecular weight is 383 g/mol. The van der Waals surface area contributed by atoms with Gasteiger partial charge in [-0.2, -0.15) is 0 Å². The third kappa shape index (κ3) is 1.97. The Labute approximate surface area is 144 Å². The maximum absolute atomic E-state index is 13.9. The predicted molar refractivity (Wildman–Crippen MR) is 91.5 cm³/mol. The van der Waals surface area contributed by atoms with Crippen molar-refractivity contribution < 1.29 is 9.18 Å². The first-order chi connectivity index (χ1) is 11.6. The number of halogens is 1. The number of hydrogen-bond acceptors (Lipinski definition) is 2. The molecule has 0 radical (unpaired) electrons. The second-order valence-corrected chi connectivity index (χ2v) is 7.73. The van der Waals surface area contributed by atoms with Crippen molar-refractivity contribution in [3.8, 4) is 16.2 Å². The number of benzene rings is 2. The molecule has 2 heterocycles. The number of nitriles is 1. The van der Waals surface area contributed by atoms with Gasteiger partial charge in [-0.05, 0) is 0 Å². The van der Waals surface area contributed by atoms with Crippen LogP contribution in [-0.4, -0.2) is 25.4 Å². The van der Waals surface area contributed by atoms with Gasteiger partial charge in [0.25, 0.3) is 0 Å². The van der Waals surface area contributed by atoms with Crippen molar-refractivity contribution in [2.45, 2.75) is 17.7 Å². The molecule has 0 spiro atoms. The van der Waals surface area contributed by atoms with Gasteiger partial charge >= 0.3 is 145 Å². The normalized spacial score (nSPS) is 19.0. The van der Waals surface area contributed by atoms with E-state index in [0.29, 0.717) is 10.9 Å². The van der Waals surface area contributed by atoms with Crippen LogP contribution in [0.15, 0.2) is 48.5 Å². The van der Waals surface area contributed by atoms with Gasteiger partial charge < -0.3 is 0 Å². The molecule has 1 atom stereocenters. The number of fused-ring (bicyclic) bond motifs is 5. The predicted octanol–water partition coefficient (Wildman–Crippen LogP) is 3.96. The van der Waals surface area contributed by atoms with E-state index in [-0.39, 0.29) is 26.7 Å². The van der Waals surface area contributed by atoms with E-state index in [9.17, 15) is 9.18 Å². The van der Waals surface area contributed by atoms with Gasteiger partial charge in [0, 0.05) is 0 Å². The standard InChI is InChI=1S/C19H13FN2OSe/c1-19(10-24-11-21)15-9-13(20)6-7-14(15)17-8-12-4-2-3-5-16(12)22(17)18(19)23/h2-9H,10H2,1H3. The fourth-order valence-corrected chi connectivity index (χ4v) is 4.77. The molecule has 5 heteroatoms. The van der Waals surface area contributed by atoms with Gasteiger partial charge in [-0.3, -0.25) is 0 Å². The molecule has 4 rings (SSSR count). The van der Waals surface area contributed by atoms with Crippen LogP contribution in [0.2, 0.25) is 5.32 Å². The number of rotatable bonds is 2. The number of aromatic nitrogens is 1. The second-order valence-electron chi connectivity index (χ2n) is 6.13. The van der Waals surface area contributed by atoms with Crippen molar-refractivity contribution in [1.82, 2.24) is 4.57 Å². The zero-order valence-electron chi connectivity index (χ0n) is 12.9. The van der Waals surface area contributed by atoms with E-state index in [2.05, 4.69) is 4.97 Å². The first-order valence-corrected chi connectivity index (χ1v) is 9.59. The average Bonchev–Trinajstić information content (AvgIpc) is 2.97. The molecule has 2 aromatic carbocycles. The molecule has 3 nitrogen and oxygen atoms in total. The van der Waals surface area contributed by atoms with E-state index in [1.54, 1.807) is 10.6 Å². The van der Waals surface area contributed by atoms with Crippen LogP contribution in [0, 0.1) is 16.0 Å². The number of hydrogen-bond donors (Lipinski definition) is 0. The number of carbonyl (C=O) groups excluding carboxylic acids is 1. The quantitative estimate of drug-likeness (QED) is 0.629. The molecule has 1 aromatic heterocycles.